The highest BCUT2D eigenvalue weighted by molar-refractivity contribution is 6.09. The average molecular weight is 305 g/mol. The highest BCUT2D eigenvalue weighted by Crippen LogP contribution is 2.33. The molecule has 1 atom stereocenters. The van der Waals surface area contributed by atoms with Crippen LogP contribution in [0.2, 0.25) is 0 Å². The van der Waals surface area contributed by atoms with Crippen molar-refractivity contribution in [2.45, 2.75) is 32.7 Å². The van der Waals surface area contributed by atoms with Crippen molar-refractivity contribution in [1.29, 1.82) is 0 Å². The minimum Gasteiger partial charge on any atom is -0.342 e. The molecule has 0 saturated heterocycles. The zero-order chi connectivity index (χ0) is 16.0. The lowest BCUT2D eigenvalue weighted by Crippen LogP contribution is -2.35. The van der Waals surface area contributed by atoms with Crippen LogP contribution in [0.1, 0.15) is 35.6 Å². The van der Waals surface area contributed by atoms with Crippen LogP contribution in [0.4, 0.5) is 5.69 Å². The normalized spacial score (nSPS) is 16.8. The minimum atomic E-state index is 0.0528. The third-order valence-corrected chi connectivity index (χ3v) is 4.54. The van der Waals surface area contributed by atoms with E-state index in [4.69, 9.17) is 0 Å². The molecule has 4 nitrogen and oxygen atoms in total. The fraction of sp³-hybridized carbons (Fsp3) is 0.263. The fourth-order valence-corrected chi connectivity index (χ4v) is 3.38. The number of para-hydroxylation sites is 1. The maximum Gasteiger partial charge on any atom is 0.258 e. The van der Waals surface area contributed by atoms with Gasteiger partial charge in [-0.3, -0.25) is 4.79 Å². The van der Waals surface area contributed by atoms with Gasteiger partial charge in [0.1, 0.15) is 5.82 Å². The van der Waals surface area contributed by atoms with Crippen LogP contribution in [0.25, 0.3) is 11.0 Å². The molecular formula is C19H19N3O. The zero-order valence-corrected chi connectivity index (χ0v) is 13.3. The van der Waals surface area contributed by atoms with Gasteiger partial charge < -0.3 is 9.88 Å². The Morgan fingerprint density at radius 1 is 1.30 bits per heavy atom. The predicted octanol–water partition coefficient (Wildman–Crippen LogP) is 3.72. The number of imidazole rings is 1. The lowest BCUT2D eigenvalue weighted by Gasteiger charge is -2.22. The summed E-state index contributed by atoms with van der Waals surface area (Å²) < 4.78 is 0. The molecule has 1 aliphatic heterocycles. The van der Waals surface area contributed by atoms with E-state index in [1.165, 1.54) is 5.56 Å². The summed E-state index contributed by atoms with van der Waals surface area (Å²) >= 11 is 0. The molecule has 4 rings (SSSR count). The van der Waals surface area contributed by atoms with E-state index in [-0.39, 0.29) is 11.9 Å². The first-order valence-corrected chi connectivity index (χ1v) is 8.07. The first-order valence-electron chi connectivity index (χ1n) is 8.07. The monoisotopic (exact) mass is 305 g/mol. The summed E-state index contributed by atoms with van der Waals surface area (Å²) in [5.41, 5.74) is 4.81. The second kappa shape index (κ2) is 5.23. The fourth-order valence-electron chi connectivity index (χ4n) is 3.38. The molecule has 0 saturated carbocycles. The highest BCUT2D eigenvalue weighted by Gasteiger charge is 2.31. The van der Waals surface area contributed by atoms with Crippen LogP contribution in [0, 0.1) is 0 Å². The van der Waals surface area contributed by atoms with Crippen LogP contribution in [0.3, 0.4) is 0 Å². The quantitative estimate of drug-likeness (QED) is 0.784. The Balaban J connectivity index is 1.74. The molecule has 23 heavy (non-hydrogen) atoms. The van der Waals surface area contributed by atoms with Gasteiger partial charge >= 0.3 is 0 Å². The zero-order valence-electron chi connectivity index (χ0n) is 13.3. The second-order valence-electron chi connectivity index (χ2n) is 6.13. The van der Waals surface area contributed by atoms with E-state index in [1.54, 1.807) is 0 Å². The number of amides is 1. The highest BCUT2D eigenvalue weighted by atomic mass is 16.2. The first kappa shape index (κ1) is 14.0. The van der Waals surface area contributed by atoms with E-state index < -0.39 is 0 Å². The van der Waals surface area contributed by atoms with Crippen LogP contribution in [-0.2, 0) is 12.8 Å². The molecule has 0 fully saturated rings. The largest absolute Gasteiger partial charge is 0.342 e. The van der Waals surface area contributed by atoms with Gasteiger partial charge in [-0.05, 0) is 43.2 Å². The number of rotatable bonds is 2. The van der Waals surface area contributed by atoms with E-state index >= 15 is 0 Å². The van der Waals surface area contributed by atoms with Gasteiger partial charge in [-0.1, -0.05) is 25.1 Å². The van der Waals surface area contributed by atoms with E-state index in [0.29, 0.717) is 5.56 Å². The molecule has 0 bridgehead atoms. The molecule has 4 heteroatoms. The van der Waals surface area contributed by atoms with Gasteiger partial charge in [-0.2, -0.15) is 0 Å². The summed E-state index contributed by atoms with van der Waals surface area (Å²) in [6.07, 6.45) is 1.77. The number of benzene rings is 2. The van der Waals surface area contributed by atoms with Crippen LogP contribution in [0.15, 0.2) is 42.5 Å². The summed E-state index contributed by atoms with van der Waals surface area (Å²) in [6.45, 7) is 4.16. The Labute approximate surface area is 135 Å². The van der Waals surface area contributed by atoms with Gasteiger partial charge in [-0.15, -0.1) is 0 Å². The molecule has 1 N–H and O–H groups in total. The number of fused-ring (bicyclic) bond motifs is 2. The Morgan fingerprint density at radius 2 is 2.13 bits per heavy atom. The number of carbonyl (C=O) groups is 1. The number of nitrogens with one attached hydrogen (secondary N) is 1. The first-order chi connectivity index (χ1) is 11.2. The summed E-state index contributed by atoms with van der Waals surface area (Å²) in [4.78, 5) is 22.7. The number of aryl methyl sites for hydroxylation is 1. The van der Waals surface area contributed by atoms with E-state index in [0.717, 1.165) is 35.4 Å². The molecule has 3 aromatic rings. The van der Waals surface area contributed by atoms with Gasteiger partial charge in [0.15, 0.2) is 0 Å². The SMILES string of the molecule is CCc1nc2ccc(C(=O)N3c4ccccc4CC3C)cc2[nH]1. The summed E-state index contributed by atoms with van der Waals surface area (Å²) in [7, 11) is 0. The van der Waals surface area contributed by atoms with Crippen molar-refractivity contribution in [3.05, 3.63) is 59.4 Å². The lowest BCUT2D eigenvalue weighted by atomic mass is 10.1. The summed E-state index contributed by atoms with van der Waals surface area (Å²) in [6, 6.07) is 14.0. The number of hydrogen-bond acceptors (Lipinski definition) is 2. The van der Waals surface area contributed by atoms with Crippen LogP contribution in [-0.4, -0.2) is 21.9 Å². The molecule has 2 aromatic carbocycles. The van der Waals surface area contributed by atoms with Crippen molar-refractivity contribution in [3.8, 4) is 0 Å². The van der Waals surface area contributed by atoms with Crippen molar-refractivity contribution in [2.24, 2.45) is 0 Å². The molecular weight excluding hydrogens is 286 g/mol. The van der Waals surface area contributed by atoms with Crippen LogP contribution < -0.4 is 4.90 Å². The number of aromatic amines is 1. The summed E-state index contributed by atoms with van der Waals surface area (Å²) in [5, 5.41) is 0. The molecule has 1 unspecified atom stereocenters. The number of anilines is 1. The maximum absolute atomic E-state index is 13.0. The Kier molecular flexibility index (Phi) is 3.18. The Morgan fingerprint density at radius 3 is 2.96 bits per heavy atom. The van der Waals surface area contributed by atoms with Crippen molar-refractivity contribution >= 4 is 22.6 Å². The summed E-state index contributed by atoms with van der Waals surface area (Å²) in [5.74, 6) is 1.00. The molecule has 0 aliphatic carbocycles. The number of H-pyrrole nitrogens is 1. The number of carbonyl (C=O) groups excluding carboxylic acids is 1. The van der Waals surface area contributed by atoms with Crippen molar-refractivity contribution in [1.82, 2.24) is 9.97 Å². The van der Waals surface area contributed by atoms with Crippen molar-refractivity contribution in [2.75, 3.05) is 4.90 Å². The number of nitrogens with zero attached hydrogens (tertiary/aromatic N) is 2. The third-order valence-electron chi connectivity index (χ3n) is 4.54. The number of aromatic nitrogens is 2. The Bertz CT molecular complexity index is 897. The molecule has 116 valence electrons. The topological polar surface area (TPSA) is 49.0 Å². The molecule has 0 radical (unpaired) electrons. The maximum atomic E-state index is 13.0. The minimum absolute atomic E-state index is 0.0528. The van der Waals surface area contributed by atoms with Gasteiger partial charge in [0, 0.05) is 23.7 Å². The van der Waals surface area contributed by atoms with Gasteiger partial charge in [0.05, 0.1) is 11.0 Å². The molecule has 1 amide bonds. The third kappa shape index (κ3) is 2.22. The molecule has 1 aromatic heterocycles. The van der Waals surface area contributed by atoms with Crippen molar-refractivity contribution in [3.63, 3.8) is 0 Å². The van der Waals surface area contributed by atoms with E-state index in [1.807, 2.05) is 41.3 Å². The van der Waals surface area contributed by atoms with E-state index in [9.17, 15) is 4.79 Å². The predicted molar refractivity (Wildman–Crippen MR) is 91.9 cm³/mol. The second-order valence-corrected chi connectivity index (χ2v) is 6.13. The lowest BCUT2D eigenvalue weighted by molar-refractivity contribution is 0.0981. The molecule has 0 spiro atoms. The van der Waals surface area contributed by atoms with Gasteiger partial charge in [0.2, 0.25) is 0 Å². The molecule has 2 heterocycles. The standard InChI is InChI=1S/C19H19N3O/c1-3-18-20-15-9-8-14(11-16(15)21-18)19(23)22-12(2)10-13-6-4-5-7-17(13)22/h4-9,11-12H,3,10H2,1-2H3,(H,20,21). The van der Waals surface area contributed by atoms with Crippen LogP contribution >= 0.6 is 0 Å². The molecule has 1 aliphatic rings. The van der Waals surface area contributed by atoms with Gasteiger partial charge in [0.25, 0.3) is 5.91 Å². The smallest absolute Gasteiger partial charge is 0.258 e. The number of hydrogen-bond donors (Lipinski definition) is 1. The van der Waals surface area contributed by atoms with Crippen LogP contribution in [0.5, 0.6) is 0 Å². The van der Waals surface area contributed by atoms with Gasteiger partial charge in [-0.25, -0.2) is 4.98 Å². The Hall–Kier alpha value is -2.62. The average Bonchev–Trinajstić information content (AvgIpc) is 3.12. The van der Waals surface area contributed by atoms with E-state index in [2.05, 4.69) is 29.9 Å². The van der Waals surface area contributed by atoms with Crippen molar-refractivity contribution < 1.29 is 4.79 Å².